The molecule has 0 saturated carbocycles. The summed E-state index contributed by atoms with van der Waals surface area (Å²) in [4.78, 5) is 4.66. The number of hydrogen-bond acceptors (Lipinski definition) is 1. The van der Waals surface area contributed by atoms with Crippen LogP contribution in [-0.4, -0.2) is 9.55 Å². The van der Waals surface area contributed by atoms with Crippen molar-refractivity contribution in [3.05, 3.63) is 121 Å². The summed E-state index contributed by atoms with van der Waals surface area (Å²) < 4.78 is 29.5. The topological polar surface area (TPSA) is 17.8 Å². The van der Waals surface area contributed by atoms with Crippen molar-refractivity contribution in [3.63, 3.8) is 0 Å². The molecule has 6 aromatic rings. The van der Waals surface area contributed by atoms with E-state index in [4.69, 9.17) is 0 Å². The van der Waals surface area contributed by atoms with Crippen LogP contribution in [-0.2, 0) is 0 Å². The van der Waals surface area contributed by atoms with Gasteiger partial charge in [-0.15, -0.1) is 0 Å². The number of para-hydroxylation sites is 2. The minimum Gasteiger partial charge on any atom is -0.293 e. The van der Waals surface area contributed by atoms with Gasteiger partial charge in [0.15, 0.2) is 0 Å². The Morgan fingerprint density at radius 1 is 0.515 bits per heavy atom. The van der Waals surface area contributed by atoms with Gasteiger partial charge >= 0.3 is 0 Å². The molecule has 0 aliphatic carbocycles. The summed E-state index contributed by atoms with van der Waals surface area (Å²) in [5, 5.41) is 2.14. The monoisotopic (exact) mass is 432 g/mol. The Bertz CT molecular complexity index is 1500. The van der Waals surface area contributed by atoms with Gasteiger partial charge in [-0.3, -0.25) is 4.57 Å². The van der Waals surface area contributed by atoms with E-state index < -0.39 is 0 Å². The highest BCUT2D eigenvalue weighted by Crippen LogP contribution is 2.41. The fourth-order valence-corrected chi connectivity index (χ4v) is 4.56. The molecule has 6 rings (SSSR count). The van der Waals surface area contributed by atoms with Gasteiger partial charge in [0.25, 0.3) is 0 Å². The minimum absolute atomic E-state index is 0.269. The van der Waals surface area contributed by atoms with Gasteiger partial charge in [0.2, 0.25) is 0 Å². The lowest BCUT2D eigenvalue weighted by atomic mass is 10.0. The zero-order valence-electron chi connectivity index (χ0n) is 17.5. The molecule has 0 fully saturated rings. The number of aromatic nitrogens is 2. The van der Waals surface area contributed by atoms with Gasteiger partial charge in [-0.1, -0.05) is 66.7 Å². The Labute approximate surface area is 189 Å². The van der Waals surface area contributed by atoms with E-state index in [-0.39, 0.29) is 11.6 Å². The third-order valence-electron chi connectivity index (χ3n) is 6.00. The molecule has 2 nitrogen and oxygen atoms in total. The summed E-state index contributed by atoms with van der Waals surface area (Å²) in [7, 11) is 0. The number of rotatable bonds is 3. The summed E-state index contributed by atoms with van der Waals surface area (Å²) in [6.07, 6.45) is 1.77. The summed E-state index contributed by atoms with van der Waals surface area (Å²) in [6, 6.07) is 31.3. The fraction of sp³-hybridized carbons (Fsp3) is 0. The van der Waals surface area contributed by atoms with Crippen molar-refractivity contribution in [1.82, 2.24) is 9.55 Å². The Balaban J connectivity index is 1.79. The average Bonchev–Trinajstić information content (AvgIpc) is 3.20. The van der Waals surface area contributed by atoms with Crippen LogP contribution in [0.2, 0.25) is 0 Å². The van der Waals surface area contributed by atoms with Gasteiger partial charge in [-0.25, -0.2) is 13.8 Å². The van der Waals surface area contributed by atoms with Gasteiger partial charge in [0.1, 0.15) is 17.5 Å². The van der Waals surface area contributed by atoms with E-state index in [1.807, 2.05) is 42.5 Å². The number of nitrogens with zero attached hydrogens (tertiary/aromatic N) is 2. The Morgan fingerprint density at radius 3 is 1.48 bits per heavy atom. The predicted octanol–water partition coefficient (Wildman–Crippen LogP) is 7.79. The van der Waals surface area contributed by atoms with Crippen LogP contribution in [0.3, 0.4) is 0 Å². The van der Waals surface area contributed by atoms with Crippen molar-refractivity contribution in [1.29, 1.82) is 0 Å². The second kappa shape index (κ2) is 7.68. The maximum absolute atomic E-state index is 13.7. The van der Waals surface area contributed by atoms with Crippen LogP contribution in [0, 0.1) is 11.6 Å². The number of halogens is 2. The van der Waals surface area contributed by atoms with Gasteiger partial charge in [-0.05, 0) is 47.5 Å². The zero-order valence-corrected chi connectivity index (χ0v) is 17.5. The first-order valence-electron chi connectivity index (χ1n) is 10.7. The molecule has 4 heteroatoms. The predicted molar refractivity (Wildman–Crippen MR) is 129 cm³/mol. The summed E-state index contributed by atoms with van der Waals surface area (Å²) in [6.45, 7) is 0. The van der Waals surface area contributed by atoms with E-state index >= 15 is 0 Å². The van der Waals surface area contributed by atoms with Crippen molar-refractivity contribution in [2.24, 2.45) is 0 Å². The minimum atomic E-state index is -0.269. The largest absolute Gasteiger partial charge is 0.293 e. The van der Waals surface area contributed by atoms with Crippen LogP contribution in [0.25, 0.3) is 49.9 Å². The Kier molecular flexibility index (Phi) is 4.51. The average molecular weight is 432 g/mol. The maximum Gasteiger partial charge on any atom is 0.137 e. The molecule has 0 spiro atoms. The van der Waals surface area contributed by atoms with Gasteiger partial charge < -0.3 is 0 Å². The molecule has 4 aromatic carbocycles. The molecule has 158 valence electrons. The van der Waals surface area contributed by atoms with Crippen LogP contribution in [0.4, 0.5) is 8.78 Å². The summed E-state index contributed by atoms with van der Waals surface area (Å²) in [5.41, 5.74) is 5.80. The second-order valence-electron chi connectivity index (χ2n) is 7.94. The molecule has 0 saturated heterocycles. The molecule has 2 aromatic heterocycles. The number of pyridine rings is 1. The summed E-state index contributed by atoms with van der Waals surface area (Å²) >= 11 is 0. The first kappa shape index (κ1) is 19.4. The lowest BCUT2D eigenvalue weighted by Crippen LogP contribution is -1.99. The molecular weight excluding hydrogens is 414 g/mol. The van der Waals surface area contributed by atoms with Crippen LogP contribution >= 0.6 is 0 Å². The van der Waals surface area contributed by atoms with Gasteiger partial charge in [-0.2, -0.15) is 0 Å². The molecule has 0 amide bonds. The summed E-state index contributed by atoms with van der Waals surface area (Å²) in [5.74, 6) is 0.242. The molecule has 0 atom stereocenters. The van der Waals surface area contributed by atoms with E-state index in [1.165, 1.54) is 24.3 Å². The van der Waals surface area contributed by atoms with E-state index in [1.54, 1.807) is 30.5 Å². The van der Waals surface area contributed by atoms with E-state index in [2.05, 4.69) is 21.7 Å². The van der Waals surface area contributed by atoms with Gasteiger partial charge in [0.05, 0.1) is 11.0 Å². The zero-order chi connectivity index (χ0) is 22.4. The first-order chi connectivity index (χ1) is 16.2. The van der Waals surface area contributed by atoms with Crippen molar-refractivity contribution in [2.75, 3.05) is 0 Å². The van der Waals surface area contributed by atoms with E-state index in [0.29, 0.717) is 0 Å². The quantitative estimate of drug-likeness (QED) is 0.279. The smallest absolute Gasteiger partial charge is 0.137 e. The van der Waals surface area contributed by atoms with Crippen molar-refractivity contribution < 1.29 is 8.78 Å². The van der Waals surface area contributed by atoms with Gasteiger partial charge in [0, 0.05) is 28.1 Å². The van der Waals surface area contributed by atoms with Crippen LogP contribution in [0.1, 0.15) is 0 Å². The molecule has 0 radical (unpaired) electrons. The lowest BCUT2D eigenvalue weighted by Gasteiger charge is -2.13. The molecule has 0 aliphatic rings. The van der Waals surface area contributed by atoms with E-state index in [9.17, 15) is 8.78 Å². The molecule has 2 heterocycles. The molecule has 0 aliphatic heterocycles. The fourth-order valence-electron chi connectivity index (χ4n) is 4.56. The Hall–Kier alpha value is -4.31. The standard InChI is InChI=1S/C29H18F2N2/c30-21-14-10-19(11-15-21)23-5-3-7-25-26-8-4-6-24(20-12-16-22(31)17-13-20)29(26)33(28(23)25)27-9-1-2-18-32-27/h1-18H. The highest BCUT2D eigenvalue weighted by atomic mass is 19.1. The van der Waals surface area contributed by atoms with Crippen molar-refractivity contribution in [2.45, 2.75) is 0 Å². The highest BCUT2D eigenvalue weighted by molar-refractivity contribution is 6.17. The maximum atomic E-state index is 13.7. The molecule has 0 N–H and O–H groups in total. The van der Waals surface area contributed by atoms with Crippen molar-refractivity contribution >= 4 is 21.8 Å². The third-order valence-corrected chi connectivity index (χ3v) is 6.00. The van der Waals surface area contributed by atoms with Crippen LogP contribution in [0.15, 0.2) is 109 Å². The second-order valence-corrected chi connectivity index (χ2v) is 7.94. The lowest BCUT2D eigenvalue weighted by molar-refractivity contribution is 0.627. The molecule has 0 bridgehead atoms. The van der Waals surface area contributed by atoms with E-state index in [0.717, 1.165) is 49.9 Å². The van der Waals surface area contributed by atoms with Crippen LogP contribution < -0.4 is 0 Å². The SMILES string of the molecule is Fc1ccc(-c2cccc3c4cccc(-c5ccc(F)cc5)c4n(-c4ccccn4)c23)cc1. The Morgan fingerprint density at radius 2 is 1.03 bits per heavy atom. The number of fused-ring (bicyclic) bond motifs is 3. The third kappa shape index (κ3) is 3.19. The number of hydrogen-bond donors (Lipinski definition) is 0. The first-order valence-corrected chi connectivity index (χ1v) is 10.7. The molecule has 33 heavy (non-hydrogen) atoms. The number of benzene rings is 4. The molecule has 0 unspecified atom stereocenters. The van der Waals surface area contributed by atoms with Crippen LogP contribution in [0.5, 0.6) is 0 Å². The molecular formula is C29H18F2N2. The van der Waals surface area contributed by atoms with Crippen molar-refractivity contribution in [3.8, 4) is 28.1 Å². The normalized spacial score (nSPS) is 11.3. The highest BCUT2D eigenvalue weighted by Gasteiger charge is 2.19.